The Balaban J connectivity index is -0.000000117. The second kappa shape index (κ2) is 8.91. The van der Waals surface area contributed by atoms with Gasteiger partial charge in [-0.3, -0.25) is 0 Å². The van der Waals surface area contributed by atoms with Crippen LogP contribution >= 0.6 is 0 Å². The molecule has 0 aromatic heterocycles. The van der Waals surface area contributed by atoms with E-state index in [0.717, 1.165) is 0 Å². The average molecular weight is 248 g/mol. The summed E-state index contributed by atoms with van der Waals surface area (Å²) in [6.45, 7) is 0. The van der Waals surface area contributed by atoms with E-state index in [1.807, 2.05) is 0 Å². The Morgan fingerprint density at radius 3 is 1.23 bits per heavy atom. The summed E-state index contributed by atoms with van der Waals surface area (Å²) in [6, 6.07) is 0. The van der Waals surface area contributed by atoms with Gasteiger partial charge in [-0.15, -0.1) is 10.1 Å². The predicted octanol–water partition coefficient (Wildman–Crippen LogP) is -2.49. The third-order valence-electron chi connectivity index (χ3n) is 0. The normalized spacial score (nSPS) is 9.54. The van der Waals surface area contributed by atoms with Crippen molar-refractivity contribution >= 4 is 6.16 Å². The predicted molar refractivity (Wildman–Crippen MR) is 36.2 cm³/mol. The van der Waals surface area contributed by atoms with Crippen molar-refractivity contribution < 1.29 is 38.8 Å². The van der Waals surface area contributed by atoms with Crippen LogP contribution in [0.5, 0.6) is 0 Å². The average Bonchev–Trinajstić information content (AvgIpc) is 1.50. The number of carbonyl (C=O) groups is 1. The monoisotopic (exact) mass is 248 g/mol. The van der Waals surface area contributed by atoms with Gasteiger partial charge in [-0.2, -0.15) is 0 Å². The first kappa shape index (κ1) is 17.8. The fraction of sp³-hybridized carbons (Fsp3) is 0. The molecule has 0 heterocycles. The summed E-state index contributed by atoms with van der Waals surface area (Å²) in [6.07, 6.45) is -1.83. The van der Waals surface area contributed by atoms with Crippen molar-refractivity contribution in [1.29, 1.82) is 0 Å². The molecule has 0 atom stereocenters. The molecule has 0 aliphatic rings. The van der Waals surface area contributed by atoms with Crippen LogP contribution in [0.15, 0.2) is 0 Å². The van der Waals surface area contributed by atoms with Crippen LogP contribution in [0.25, 0.3) is 0 Å². The molecule has 0 aliphatic carbocycles. The van der Waals surface area contributed by atoms with Gasteiger partial charge in [0.2, 0.25) is 0 Å². The van der Waals surface area contributed by atoms with Crippen LogP contribution in [0.1, 0.15) is 0 Å². The van der Waals surface area contributed by atoms with Crippen molar-refractivity contribution in [3.05, 3.63) is 10.1 Å². The number of hydrogen-bond acceptors (Lipinski definition) is 7. The first-order chi connectivity index (χ1) is 5.46. The first-order valence-electron chi connectivity index (χ1n) is 1.99. The summed E-state index contributed by atoms with van der Waals surface area (Å²) in [5.41, 5.74) is 0. The third-order valence-corrected chi connectivity index (χ3v) is 0. The summed E-state index contributed by atoms with van der Waals surface area (Å²) in [7, 11) is 0. The Kier molecular flexibility index (Phi) is 12.2. The second-order valence-electron chi connectivity index (χ2n) is 1.19. The van der Waals surface area contributed by atoms with E-state index in [-0.39, 0.29) is 0 Å². The van der Waals surface area contributed by atoms with Crippen LogP contribution in [-0.2, 0) is 13.5 Å². The van der Waals surface area contributed by atoms with E-state index in [9.17, 15) is 0 Å². The molecular formula is CH11CoN5O6. The van der Waals surface area contributed by atoms with E-state index in [4.69, 9.17) is 49.5 Å². The molecule has 0 saturated heterocycles. The maximum absolute atomic E-state index is 8.56. The van der Waals surface area contributed by atoms with Gasteiger partial charge >= 0.3 is 38.8 Å². The molecule has 0 aromatic rings. The first-order valence-corrected chi connectivity index (χ1v) is 4.39. The van der Waals surface area contributed by atoms with Crippen molar-refractivity contribution in [2.75, 3.05) is 0 Å². The van der Waals surface area contributed by atoms with Crippen LogP contribution in [-0.4, -0.2) is 26.7 Å². The zero-order valence-electron chi connectivity index (χ0n) is 6.16. The van der Waals surface area contributed by atoms with Crippen molar-refractivity contribution in [2.24, 2.45) is 19.1 Å². The summed E-state index contributed by atoms with van der Waals surface area (Å²) >= 11 is -2.38. The molecule has 12 heteroatoms. The third kappa shape index (κ3) is 600. The van der Waals surface area contributed by atoms with Crippen LogP contribution in [0, 0.1) is 10.1 Å². The summed E-state index contributed by atoms with van der Waals surface area (Å²) in [5.74, 6) is 0. The van der Waals surface area contributed by atoms with Gasteiger partial charge in [-0.05, 0) is 0 Å². The van der Waals surface area contributed by atoms with Gasteiger partial charge in [0.25, 0.3) is 5.09 Å². The Morgan fingerprint density at radius 1 is 1.23 bits per heavy atom. The number of nitrogens with two attached hydrogens (primary N) is 4. The van der Waals surface area contributed by atoms with Gasteiger partial charge in [0.05, 0.1) is 0 Å². The van der Waals surface area contributed by atoms with Crippen LogP contribution in [0.4, 0.5) is 4.79 Å². The molecule has 0 aromatic carbocycles. The molecule has 0 aliphatic heterocycles. The van der Waals surface area contributed by atoms with Gasteiger partial charge in [0.1, 0.15) is 0 Å². The van der Waals surface area contributed by atoms with Crippen molar-refractivity contribution in [1.82, 2.24) is 0 Å². The molecule has 0 radical (unpaired) electrons. The van der Waals surface area contributed by atoms with E-state index < -0.39 is 24.7 Å². The second-order valence-corrected chi connectivity index (χ2v) is 3.27. The van der Waals surface area contributed by atoms with Gasteiger partial charge in [-0.25, -0.2) is 4.79 Å². The molecule has 13 heavy (non-hydrogen) atoms. The molecular weight excluding hydrogens is 237 g/mol. The standard InChI is InChI=1S/CH2O3.Co.HNO3.4H2N/c2-1(3)4;;2-1(3)4;;;;/h(H2,2,3,4);;(H,2,3,4);4*1H2/q;+4;;4*-1. The molecule has 85 valence electrons. The fourth-order valence-corrected chi connectivity index (χ4v) is 0. The SMILES string of the molecule is O=C(O)O.O=[N+]([O-])O.[NH2][Co]([NH2])([NH2])[NH2]. The minimum atomic E-state index is -2.38. The molecule has 0 unspecified atom stereocenters. The summed E-state index contributed by atoms with van der Waals surface area (Å²) < 4.78 is 0. The molecule has 11 nitrogen and oxygen atoms in total. The van der Waals surface area contributed by atoms with Crippen molar-refractivity contribution in [3.8, 4) is 0 Å². The summed E-state index contributed by atoms with van der Waals surface area (Å²) in [5, 5.41) is 27.6. The number of rotatable bonds is 0. The molecule has 0 bridgehead atoms. The Hall–Kier alpha value is -1.18. The van der Waals surface area contributed by atoms with E-state index in [0.29, 0.717) is 0 Å². The van der Waals surface area contributed by atoms with Crippen LogP contribution < -0.4 is 19.1 Å². The fourth-order valence-electron chi connectivity index (χ4n) is 0. The number of carboxylic acid groups (broad SMARTS) is 2. The minimum absolute atomic E-state index is 1.50. The van der Waals surface area contributed by atoms with E-state index in [1.165, 1.54) is 0 Å². The molecule has 0 saturated carbocycles. The van der Waals surface area contributed by atoms with E-state index in [2.05, 4.69) is 0 Å². The Bertz CT molecular complexity index is 128. The van der Waals surface area contributed by atoms with Gasteiger partial charge in [0, 0.05) is 0 Å². The molecule has 0 fully saturated rings. The Labute approximate surface area is 75.0 Å². The quantitative estimate of drug-likeness (QED) is 0.176. The van der Waals surface area contributed by atoms with Crippen LogP contribution in [0.3, 0.4) is 0 Å². The molecule has 11 N–H and O–H groups in total. The topological polar surface area (TPSA) is 225 Å². The van der Waals surface area contributed by atoms with Crippen LogP contribution in [0.2, 0.25) is 0 Å². The van der Waals surface area contributed by atoms with Gasteiger partial charge in [0.15, 0.2) is 0 Å². The zero-order chi connectivity index (χ0) is 11.7. The van der Waals surface area contributed by atoms with Crippen molar-refractivity contribution in [3.63, 3.8) is 0 Å². The van der Waals surface area contributed by atoms with E-state index in [1.54, 1.807) is 0 Å². The van der Waals surface area contributed by atoms with Gasteiger partial charge in [-0.1, -0.05) is 0 Å². The Morgan fingerprint density at radius 2 is 1.23 bits per heavy atom. The molecule has 0 rings (SSSR count). The van der Waals surface area contributed by atoms with Crippen molar-refractivity contribution in [2.45, 2.75) is 0 Å². The van der Waals surface area contributed by atoms with Gasteiger partial charge < -0.3 is 15.4 Å². The number of hydrogen-bond donors (Lipinski definition) is 7. The zero-order valence-corrected chi connectivity index (χ0v) is 7.20. The summed E-state index contributed by atoms with van der Waals surface area (Å²) in [4.78, 5) is 36.1. The molecule has 0 spiro atoms. The molecule has 0 amide bonds. The van der Waals surface area contributed by atoms with E-state index >= 15 is 0 Å². The maximum atomic E-state index is 8.56. The number of nitrogens with zero attached hydrogens (tertiary/aromatic N) is 1.